The van der Waals surface area contributed by atoms with Crippen LogP contribution in [-0.4, -0.2) is 51.0 Å². The first-order chi connectivity index (χ1) is 6.50. The molecule has 1 aliphatic heterocycles. The van der Waals surface area contributed by atoms with E-state index in [2.05, 4.69) is 0 Å². The molecule has 6 nitrogen and oxygen atoms in total. The molecule has 0 aliphatic carbocycles. The number of rotatable bonds is 3. The summed E-state index contributed by atoms with van der Waals surface area (Å²) >= 11 is 0. The standard InChI is InChI=1S/C7H15O6P/c8-5-3-4(1-2-14(11)12)13-7(10)6(5)9/h4-10,14H,1-3H2,(H,11,12)/t4-,5+,6+,7+/m1/s1. The van der Waals surface area contributed by atoms with Gasteiger partial charge < -0.3 is 24.9 Å². The molecule has 0 aromatic heterocycles. The molecule has 5 atom stereocenters. The van der Waals surface area contributed by atoms with Crippen molar-refractivity contribution in [3.8, 4) is 0 Å². The molecule has 1 aliphatic rings. The molecule has 1 saturated heterocycles. The fraction of sp³-hybridized carbons (Fsp3) is 1.00. The summed E-state index contributed by atoms with van der Waals surface area (Å²) in [7, 11) is -2.54. The minimum atomic E-state index is -2.54. The zero-order chi connectivity index (χ0) is 10.7. The quantitative estimate of drug-likeness (QED) is 0.444. The highest BCUT2D eigenvalue weighted by Crippen LogP contribution is 2.24. The van der Waals surface area contributed by atoms with Gasteiger partial charge >= 0.3 is 0 Å². The summed E-state index contributed by atoms with van der Waals surface area (Å²) in [6.45, 7) is 0. The van der Waals surface area contributed by atoms with E-state index in [0.29, 0.717) is 6.42 Å². The fourth-order valence-electron chi connectivity index (χ4n) is 1.40. The summed E-state index contributed by atoms with van der Waals surface area (Å²) in [4.78, 5) is 8.58. The van der Waals surface area contributed by atoms with E-state index in [0.717, 1.165) is 0 Å². The number of ether oxygens (including phenoxy) is 1. The number of aliphatic hydroxyl groups is 3. The lowest BCUT2D eigenvalue weighted by Gasteiger charge is -2.34. The first kappa shape index (κ1) is 12.1. The summed E-state index contributed by atoms with van der Waals surface area (Å²) in [5.74, 6) is 0. The van der Waals surface area contributed by atoms with Gasteiger partial charge in [-0.3, -0.25) is 4.57 Å². The van der Waals surface area contributed by atoms with Crippen molar-refractivity contribution >= 4 is 8.03 Å². The van der Waals surface area contributed by atoms with E-state index in [4.69, 9.17) is 19.8 Å². The normalized spacial score (nSPS) is 40.9. The Hall–Kier alpha value is 0.0300. The van der Waals surface area contributed by atoms with Crippen molar-refractivity contribution in [2.75, 3.05) is 6.16 Å². The Morgan fingerprint density at radius 1 is 1.36 bits per heavy atom. The van der Waals surface area contributed by atoms with E-state index in [1.54, 1.807) is 0 Å². The smallest absolute Gasteiger partial charge is 0.189 e. The van der Waals surface area contributed by atoms with Crippen LogP contribution in [0.15, 0.2) is 0 Å². The van der Waals surface area contributed by atoms with Crippen molar-refractivity contribution in [3.63, 3.8) is 0 Å². The third kappa shape index (κ3) is 3.31. The molecular weight excluding hydrogens is 211 g/mol. The largest absolute Gasteiger partial charge is 0.390 e. The highest BCUT2D eigenvalue weighted by atomic mass is 31.1. The van der Waals surface area contributed by atoms with Gasteiger partial charge in [0.2, 0.25) is 0 Å². The lowest BCUT2D eigenvalue weighted by atomic mass is 10.0. The monoisotopic (exact) mass is 226 g/mol. The molecular formula is C7H15O6P. The van der Waals surface area contributed by atoms with Crippen LogP contribution in [0.25, 0.3) is 0 Å². The van der Waals surface area contributed by atoms with Crippen molar-refractivity contribution < 1.29 is 29.5 Å². The van der Waals surface area contributed by atoms with Gasteiger partial charge in [0.15, 0.2) is 14.3 Å². The summed E-state index contributed by atoms with van der Waals surface area (Å²) in [6.07, 6.45) is -3.63. The molecule has 0 amide bonds. The van der Waals surface area contributed by atoms with Gasteiger partial charge in [-0.1, -0.05) is 0 Å². The zero-order valence-corrected chi connectivity index (χ0v) is 8.54. The van der Waals surface area contributed by atoms with Crippen LogP contribution in [0.3, 0.4) is 0 Å². The third-order valence-electron chi connectivity index (χ3n) is 2.20. The van der Waals surface area contributed by atoms with Gasteiger partial charge in [0.1, 0.15) is 6.10 Å². The van der Waals surface area contributed by atoms with Gasteiger partial charge in [-0.25, -0.2) is 0 Å². The van der Waals surface area contributed by atoms with Gasteiger partial charge in [-0.05, 0) is 6.42 Å². The average molecular weight is 226 g/mol. The molecule has 1 heterocycles. The van der Waals surface area contributed by atoms with Crippen molar-refractivity contribution in [3.05, 3.63) is 0 Å². The fourth-order valence-corrected chi connectivity index (χ4v) is 1.97. The van der Waals surface area contributed by atoms with Gasteiger partial charge in [0, 0.05) is 12.6 Å². The molecule has 1 rings (SSSR count). The summed E-state index contributed by atoms with van der Waals surface area (Å²) in [5.41, 5.74) is 0. The van der Waals surface area contributed by atoms with Crippen LogP contribution in [0.5, 0.6) is 0 Å². The van der Waals surface area contributed by atoms with E-state index < -0.39 is 32.6 Å². The maximum Gasteiger partial charge on any atom is 0.189 e. The molecule has 0 spiro atoms. The highest BCUT2D eigenvalue weighted by Gasteiger charge is 2.35. The molecule has 0 bridgehead atoms. The second-order valence-corrected chi connectivity index (χ2v) is 4.66. The van der Waals surface area contributed by atoms with Gasteiger partial charge in [0.25, 0.3) is 0 Å². The van der Waals surface area contributed by atoms with E-state index in [9.17, 15) is 9.67 Å². The van der Waals surface area contributed by atoms with Crippen LogP contribution in [0, 0.1) is 0 Å². The number of hydrogen-bond donors (Lipinski definition) is 4. The van der Waals surface area contributed by atoms with Crippen molar-refractivity contribution in [1.29, 1.82) is 0 Å². The lowest BCUT2D eigenvalue weighted by Crippen LogP contribution is -2.48. The molecule has 1 unspecified atom stereocenters. The van der Waals surface area contributed by atoms with Crippen LogP contribution >= 0.6 is 8.03 Å². The van der Waals surface area contributed by atoms with Crippen molar-refractivity contribution in [2.45, 2.75) is 37.4 Å². The van der Waals surface area contributed by atoms with E-state index in [1.807, 2.05) is 0 Å². The molecule has 0 aromatic carbocycles. The summed E-state index contributed by atoms with van der Waals surface area (Å²) in [5, 5.41) is 27.5. The first-order valence-corrected chi connectivity index (χ1v) is 5.98. The van der Waals surface area contributed by atoms with E-state index in [1.165, 1.54) is 0 Å². The Balaban J connectivity index is 2.38. The minimum Gasteiger partial charge on any atom is -0.390 e. The van der Waals surface area contributed by atoms with Gasteiger partial charge in [-0.15, -0.1) is 0 Å². The Kier molecular flexibility index (Phi) is 4.50. The molecule has 0 saturated carbocycles. The Labute approximate surface area is 82.0 Å². The second-order valence-electron chi connectivity index (χ2n) is 3.37. The van der Waals surface area contributed by atoms with Gasteiger partial charge in [0.05, 0.1) is 12.2 Å². The highest BCUT2D eigenvalue weighted by molar-refractivity contribution is 7.37. The van der Waals surface area contributed by atoms with E-state index >= 15 is 0 Å². The van der Waals surface area contributed by atoms with Crippen LogP contribution < -0.4 is 0 Å². The van der Waals surface area contributed by atoms with Crippen LogP contribution in [0.2, 0.25) is 0 Å². The average Bonchev–Trinajstić information content (AvgIpc) is 2.10. The first-order valence-electron chi connectivity index (χ1n) is 4.42. The molecule has 7 heteroatoms. The van der Waals surface area contributed by atoms with Crippen molar-refractivity contribution in [1.82, 2.24) is 0 Å². The second kappa shape index (κ2) is 5.21. The molecule has 0 aromatic rings. The summed E-state index contributed by atoms with van der Waals surface area (Å²) in [6, 6.07) is 0. The predicted molar refractivity (Wildman–Crippen MR) is 48.2 cm³/mol. The predicted octanol–water partition coefficient (Wildman–Crippen LogP) is -1.33. The van der Waals surface area contributed by atoms with Crippen LogP contribution in [0.1, 0.15) is 12.8 Å². The van der Waals surface area contributed by atoms with Gasteiger partial charge in [-0.2, -0.15) is 0 Å². The lowest BCUT2D eigenvalue weighted by molar-refractivity contribution is -0.246. The Morgan fingerprint density at radius 3 is 2.50 bits per heavy atom. The molecule has 0 radical (unpaired) electrons. The van der Waals surface area contributed by atoms with E-state index in [-0.39, 0.29) is 12.6 Å². The molecule has 1 fully saturated rings. The SMILES string of the molecule is O=[PH](O)CC[C@@H]1C[C@H](O)[C@H](O)[C@@H](O)O1. The summed E-state index contributed by atoms with van der Waals surface area (Å²) < 4.78 is 15.4. The van der Waals surface area contributed by atoms with Crippen LogP contribution in [-0.2, 0) is 9.30 Å². The van der Waals surface area contributed by atoms with Crippen molar-refractivity contribution in [2.24, 2.45) is 0 Å². The molecule has 84 valence electrons. The number of hydrogen-bond acceptors (Lipinski definition) is 5. The Bertz CT molecular complexity index is 198. The molecule has 14 heavy (non-hydrogen) atoms. The third-order valence-corrected chi connectivity index (χ3v) is 2.92. The molecule has 4 N–H and O–H groups in total. The maximum absolute atomic E-state index is 10.4. The Morgan fingerprint density at radius 2 is 2.00 bits per heavy atom. The van der Waals surface area contributed by atoms with Crippen LogP contribution in [0.4, 0.5) is 0 Å². The zero-order valence-electron chi connectivity index (χ0n) is 7.54. The number of aliphatic hydroxyl groups excluding tert-OH is 3. The maximum atomic E-state index is 10.4. The minimum absolute atomic E-state index is 0.102. The topological polar surface area (TPSA) is 107 Å².